The molecule has 0 fully saturated rings. The highest BCUT2D eigenvalue weighted by atomic mass is 16.5. The van der Waals surface area contributed by atoms with E-state index >= 15 is 0 Å². The first-order valence-corrected chi connectivity index (χ1v) is 8.52. The first-order chi connectivity index (χ1) is 12.0. The van der Waals surface area contributed by atoms with E-state index in [1.165, 1.54) is 5.56 Å². The number of nitrogens with one attached hydrogen (secondary N) is 1. The van der Waals surface area contributed by atoms with Crippen LogP contribution in [0.1, 0.15) is 43.9 Å². The molecule has 0 bridgehead atoms. The molecule has 0 aliphatic heterocycles. The minimum atomic E-state index is 0.274. The van der Waals surface area contributed by atoms with Gasteiger partial charge in [0.1, 0.15) is 5.82 Å². The fourth-order valence-corrected chi connectivity index (χ4v) is 2.68. The van der Waals surface area contributed by atoms with Crippen LogP contribution < -0.4 is 5.32 Å². The van der Waals surface area contributed by atoms with Crippen LogP contribution in [-0.2, 0) is 6.42 Å². The standard InChI is InChI=1S/C18H24N6O/c1-11(2)14-8-6-7-9-15(14)24-13(4)20-17(22-24)18-21-16(23-25-18)10-12(3)19-5/h6-9,11-12,19H,10H2,1-5H3. The van der Waals surface area contributed by atoms with Gasteiger partial charge >= 0.3 is 0 Å². The Bertz CT molecular complexity index is 851. The van der Waals surface area contributed by atoms with Gasteiger partial charge in [-0.1, -0.05) is 37.2 Å². The van der Waals surface area contributed by atoms with Crippen LogP contribution in [0.2, 0.25) is 0 Å². The first-order valence-electron chi connectivity index (χ1n) is 8.52. The number of rotatable bonds is 6. The highest BCUT2D eigenvalue weighted by Gasteiger charge is 2.19. The summed E-state index contributed by atoms with van der Waals surface area (Å²) in [7, 11) is 1.91. The molecule has 132 valence electrons. The molecular weight excluding hydrogens is 316 g/mol. The topological polar surface area (TPSA) is 81.7 Å². The minimum Gasteiger partial charge on any atom is -0.330 e. The van der Waals surface area contributed by atoms with Crippen LogP contribution in [0, 0.1) is 6.92 Å². The van der Waals surface area contributed by atoms with Gasteiger partial charge in [-0.05, 0) is 38.4 Å². The van der Waals surface area contributed by atoms with E-state index in [9.17, 15) is 0 Å². The van der Waals surface area contributed by atoms with Crippen LogP contribution in [0.25, 0.3) is 17.4 Å². The van der Waals surface area contributed by atoms with Crippen LogP contribution in [0.4, 0.5) is 0 Å². The number of para-hydroxylation sites is 1. The Hall–Kier alpha value is -2.54. The fourth-order valence-electron chi connectivity index (χ4n) is 2.68. The summed E-state index contributed by atoms with van der Waals surface area (Å²) in [4.78, 5) is 8.93. The Kier molecular flexibility index (Phi) is 4.94. The third-order valence-electron chi connectivity index (χ3n) is 4.20. The molecule has 7 heteroatoms. The molecule has 0 aliphatic rings. The number of nitrogens with zero attached hydrogens (tertiary/aromatic N) is 5. The predicted octanol–water partition coefficient (Wildman–Crippen LogP) is 2.90. The molecule has 7 nitrogen and oxygen atoms in total. The zero-order chi connectivity index (χ0) is 18.0. The SMILES string of the molecule is CNC(C)Cc1noc(-c2nc(C)n(-c3ccccc3C(C)C)n2)n1. The highest BCUT2D eigenvalue weighted by molar-refractivity contribution is 5.46. The van der Waals surface area contributed by atoms with E-state index < -0.39 is 0 Å². The van der Waals surface area contributed by atoms with Gasteiger partial charge in [-0.3, -0.25) is 0 Å². The second kappa shape index (κ2) is 7.14. The minimum absolute atomic E-state index is 0.274. The Balaban J connectivity index is 1.94. The number of hydrogen-bond donors (Lipinski definition) is 1. The summed E-state index contributed by atoms with van der Waals surface area (Å²) < 4.78 is 7.19. The van der Waals surface area contributed by atoms with Crippen LogP contribution >= 0.6 is 0 Å². The van der Waals surface area contributed by atoms with E-state index in [2.05, 4.69) is 58.4 Å². The maximum Gasteiger partial charge on any atom is 0.297 e. The smallest absolute Gasteiger partial charge is 0.297 e. The van der Waals surface area contributed by atoms with E-state index in [-0.39, 0.29) is 6.04 Å². The number of hydrogen-bond acceptors (Lipinski definition) is 6. The number of benzene rings is 1. The molecule has 1 unspecified atom stereocenters. The number of likely N-dealkylation sites (N-methyl/N-ethyl adjacent to an activating group) is 1. The van der Waals surface area contributed by atoms with E-state index in [1.54, 1.807) is 0 Å². The molecular formula is C18H24N6O. The second-order valence-corrected chi connectivity index (χ2v) is 6.52. The van der Waals surface area contributed by atoms with Gasteiger partial charge in [-0.2, -0.15) is 4.98 Å². The number of aryl methyl sites for hydroxylation is 1. The molecule has 2 aromatic heterocycles. The second-order valence-electron chi connectivity index (χ2n) is 6.52. The summed E-state index contributed by atoms with van der Waals surface area (Å²) >= 11 is 0. The highest BCUT2D eigenvalue weighted by Crippen LogP contribution is 2.24. The lowest BCUT2D eigenvalue weighted by molar-refractivity contribution is 0.415. The maximum atomic E-state index is 5.35. The van der Waals surface area contributed by atoms with Crippen molar-refractivity contribution in [3.05, 3.63) is 41.5 Å². The summed E-state index contributed by atoms with van der Waals surface area (Å²) in [6.45, 7) is 8.32. The maximum absolute atomic E-state index is 5.35. The van der Waals surface area contributed by atoms with Crippen molar-refractivity contribution < 1.29 is 4.52 Å². The molecule has 0 spiro atoms. The largest absolute Gasteiger partial charge is 0.330 e. The van der Waals surface area contributed by atoms with Crippen molar-refractivity contribution in [2.45, 2.75) is 46.1 Å². The zero-order valence-electron chi connectivity index (χ0n) is 15.3. The molecule has 0 saturated heterocycles. The average molecular weight is 340 g/mol. The molecule has 0 aliphatic carbocycles. The van der Waals surface area contributed by atoms with Crippen molar-refractivity contribution >= 4 is 0 Å². The van der Waals surface area contributed by atoms with Crippen molar-refractivity contribution in [3.63, 3.8) is 0 Å². The lowest BCUT2D eigenvalue weighted by Crippen LogP contribution is -2.24. The van der Waals surface area contributed by atoms with Crippen molar-refractivity contribution in [2.75, 3.05) is 7.05 Å². The van der Waals surface area contributed by atoms with Gasteiger partial charge in [0.2, 0.25) is 5.82 Å². The Morgan fingerprint density at radius 1 is 1.16 bits per heavy atom. The molecule has 0 saturated carbocycles. The van der Waals surface area contributed by atoms with Crippen molar-refractivity contribution in [1.82, 2.24) is 30.2 Å². The Labute approximate surface area is 147 Å². The Morgan fingerprint density at radius 3 is 2.64 bits per heavy atom. The molecule has 0 amide bonds. The number of aromatic nitrogens is 5. The molecule has 1 N–H and O–H groups in total. The molecule has 3 aromatic rings. The summed E-state index contributed by atoms with van der Waals surface area (Å²) in [5.41, 5.74) is 2.24. The van der Waals surface area contributed by atoms with Crippen molar-refractivity contribution in [1.29, 1.82) is 0 Å². The molecule has 2 heterocycles. The third kappa shape index (κ3) is 3.61. The summed E-state index contributed by atoms with van der Waals surface area (Å²) in [6.07, 6.45) is 0.690. The Morgan fingerprint density at radius 2 is 1.92 bits per heavy atom. The van der Waals surface area contributed by atoms with Crippen LogP contribution in [-0.4, -0.2) is 38.0 Å². The average Bonchev–Trinajstić information content (AvgIpc) is 3.21. The van der Waals surface area contributed by atoms with Gasteiger partial charge in [-0.15, -0.1) is 5.10 Å². The van der Waals surface area contributed by atoms with E-state index in [0.717, 1.165) is 11.5 Å². The monoisotopic (exact) mass is 340 g/mol. The lowest BCUT2D eigenvalue weighted by Gasteiger charge is -2.12. The van der Waals surface area contributed by atoms with E-state index in [0.29, 0.717) is 29.9 Å². The van der Waals surface area contributed by atoms with Gasteiger partial charge in [0.25, 0.3) is 5.89 Å². The summed E-state index contributed by atoms with van der Waals surface area (Å²) in [6, 6.07) is 8.49. The molecule has 1 atom stereocenters. The summed E-state index contributed by atoms with van der Waals surface area (Å²) in [5, 5.41) is 11.8. The van der Waals surface area contributed by atoms with E-state index in [4.69, 9.17) is 4.52 Å². The molecule has 3 rings (SSSR count). The predicted molar refractivity (Wildman–Crippen MR) is 95.7 cm³/mol. The van der Waals surface area contributed by atoms with Crippen LogP contribution in [0.5, 0.6) is 0 Å². The zero-order valence-corrected chi connectivity index (χ0v) is 15.3. The third-order valence-corrected chi connectivity index (χ3v) is 4.20. The molecule has 0 radical (unpaired) electrons. The van der Waals surface area contributed by atoms with Crippen molar-refractivity contribution in [2.24, 2.45) is 0 Å². The fraction of sp³-hybridized carbons (Fsp3) is 0.444. The van der Waals surface area contributed by atoms with Gasteiger partial charge < -0.3 is 9.84 Å². The summed E-state index contributed by atoms with van der Waals surface area (Å²) in [5.74, 6) is 2.62. The van der Waals surface area contributed by atoms with Crippen molar-refractivity contribution in [3.8, 4) is 17.4 Å². The van der Waals surface area contributed by atoms with Gasteiger partial charge in [0, 0.05) is 12.5 Å². The normalized spacial score (nSPS) is 12.7. The van der Waals surface area contributed by atoms with Crippen LogP contribution in [0.15, 0.2) is 28.8 Å². The van der Waals surface area contributed by atoms with Gasteiger partial charge in [-0.25, -0.2) is 9.67 Å². The first kappa shape index (κ1) is 17.3. The molecule has 25 heavy (non-hydrogen) atoms. The quantitative estimate of drug-likeness (QED) is 0.743. The van der Waals surface area contributed by atoms with Gasteiger partial charge in [0.05, 0.1) is 5.69 Å². The lowest BCUT2D eigenvalue weighted by atomic mass is 10.0. The van der Waals surface area contributed by atoms with Gasteiger partial charge in [0.15, 0.2) is 5.82 Å². The molecule has 1 aromatic carbocycles. The van der Waals surface area contributed by atoms with E-state index in [1.807, 2.05) is 30.8 Å². The van der Waals surface area contributed by atoms with Crippen LogP contribution in [0.3, 0.4) is 0 Å².